The molecule has 1 saturated heterocycles. The number of carbonyl (C=O) groups excluding carboxylic acids is 1. The summed E-state index contributed by atoms with van der Waals surface area (Å²) in [5.41, 5.74) is 5.61. The summed E-state index contributed by atoms with van der Waals surface area (Å²) in [7, 11) is 0. The zero-order valence-corrected chi connectivity index (χ0v) is 19.9. The third-order valence-electron chi connectivity index (χ3n) is 6.52. The van der Waals surface area contributed by atoms with Crippen LogP contribution in [0.1, 0.15) is 54.4 Å². The summed E-state index contributed by atoms with van der Waals surface area (Å²) in [4.78, 5) is 13.2. The molecule has 2 aromatic rings. The number of nitrogens with zero attached hydrogens (tertiary/aromatic N) is 1. The molecule has 0 saturated carbocycles. The minimum Gasteiger partial charge on any atom is -0.314 e. The molecule has 28 heavy (non-hydrogen) atoms. The molecule has 0 aromatic heterocycles. The molecule has 1 aliphatic carbocycles. The van der Waals surface area contributed by atoms with E-state index in [1.54, 1.807) is 0 Å². The largest absolute Gasteiger partial charge is 0.314 e. The number of fused-ring (bicyclic) bond motifs is 1. The monoisotopic (exact) mass is 451 g/mol. The van der Waals surface area contributed by atoms with Crippen molar-refractivity contribution in [3.63, 3.8) is 0 Å². The Labute approximate surface area is 195 Å². The number of Topliss-reactive ketones (excluding diaryl/α,β-unsaturated/α-hetero) is 1. The first kappa shape index (κ1) is 21.9. The molecular formula is C25H32NOY+. The molecule has 0 atom stereocenters. The van der Waals surface area contributed by atoms with Gasteiger partial charge in [-0.3, -0.25) is 4.79 Å². The van der Waals surface area contributed by atoms with E-state index >= 15 is 0 Å². The van der Waals surface area contributed by atoms with Gasteiger partial charge in [-0.1, -0.05) is 48.5 Å². The number of hydrogen-bond donors (Lipinski definition) is 0. The third kappa shape index (κ3) is 5.40. The predicted octanol–water partition coefficient (Wildman–Crippen LogP) is 4.88. The van der Waals surface area contributed by atoms with Gasteiger partial charge in [0, 0.05) is 44.7 Å². The maximum absolute atomic E-state index is 13.2. The average Bonchev–Trinajstić information content (AvgIpc) is 3.05. The van der Waals surface area contributed by atoms with Gasteiger partial charge >= 0.3 is 0 Å². The van der Waals surface area contributed by atoms with Crippen LogP contribution < -0.4 is 0 Å². The van der Waals surface area contributed by atoms with Gasteiger partial charge in [0.05, 0.1) is 13.1 Å². The quantitative estimate of drug-likeness (QED) is 0.573. The Balaban J connectivity index is 0.00000225. The topological polar surface area (TPSA) is 17.1 Å². The summed E-state index contributed by atoms with van der Waals surface area (Å²) in [6.45, 7) is 3.99. The summed E-state index contributed by atoms with van der Waals surface area (Å²) in [5, 5.41) is 0. The van der Waals surface area contributed by atoms with Crippen molar-refractivity contribution >= 4 is 5.78 Å². The van der Waals surface area contributed by atoms with Gasteiger partial charge in [-0.05, 0) is 61.6 Å². The standard InChI is InChI=1S/C25H32NO.Y/c27-24(18-23-14-8-12-22-13-9-15-25(22)23)20-26(16-6-1-2-7-17-26)19-21-10-4-3-5-11-21;/h3-5,8,10-12,14H,1-2,6-7,9,13,15-20H2;/q+1;. The first-order valence-electron chi connectivity index (χ1n) is 10.7. The van der Waals surface area contributed by atoms with E-state index in [-0.39, 0.29) is 32.7 Å². The number of aryl methyl sites for hydroxylation is 1. The number of benzene rings is 2. The second-order valence-corrected chi connectivity index (χ2v) is 8.63. The summed E-state index contributed by atoms with van der Waals surface area (Å²) in [5.74, 6) is 0.424. The minimum absolute atomic E-state index is 0. The number of carbonyl (C=O) groups is 1. The molecule has 3 heteroatoms. The van der Waals surface area contributed by atoms with Gasteiger partial charge in [-0.15, -0.1) is 0 Å². The van der Waals surface area contributed by atoms with Crippen molar-refractivity contribution in [3.05, 3.63) is 70.8 Å². The first-order valence-corrected chi connectivity index (χ1v) is 10.7. The maximum atomic E-state index is 13.2. The molecule has 0 unspecified atom stereocenters. The van der Waals surface area contributed by atoms with Crippen molar-refractivity contribution in [1.82, 2.24) is 0 Å². The molecule has 1 heterocycles. The minimum atomic E-state index is 0. The SMILES string of the molecule is O=C(Cc1cccc2c1CCC2)C[N+]1(Cc2ccccc2)CCCCCC1.[Y]. The number of ketones is 1. The van der Waals surface area contributed by atoms with Crippen LogP contribution in [0.25, 0.3) is 0 Å². The zero-order valence-electron chi connectivity index (χ0n) is 17.0. The van der Waals surface area contributed by atoms with Gasteiger partial charge in [-0.2, -0.15) is 0 Å². The molecule has 2 nitrogen and oxygen atoms in total. The van der Waals surface area contributed by atoms with Gasteiger partial charge in [0.25, 0.3) is 0 Å². The Hall–Kier alpha value is -0.826. The molecule has 0 N–H and O–H groups in total. The molecule has 1 radical (unpaired) electrons. The Kier molecular flexibility index (Phi) is 8.03. The summed E-state index contributed by atoms with van der Waals surface area (Å²) >= 11 is 0. The molecule has 0 spiro atoms. The van der Waals surface area contributed by atoms with Crippen LogP contribution in [0.2, 0.25) is 0 Å². The number of hydrogen-bond acceptors (Lipinski definition) is 1. The Bertz CT molecular complexity index is 778. The van der Waals surface area contributed by atoms with Crippen LogP contribution in [0, 0.1) is 0 Å². The fourth-order valence-electron chi connectivity index (χ4n) is 5.21. The smallest absolute Gasteiger partial charge is 0.191 e. The van der Waals surface area contributed by atoms with Gasteiger partial charge in [-0.25, -0.2) is 0 Å². The molecule has 145 valence electrons. The van der Waals surface area contributed by atoms with Crippen LogP contribution in [0.15, 0.2) is 48.5 Å². The zero-order chi connectivity index (χ0) is 18.5. The summed E-state index contributed by atoms with van der Waals surface area (Å²) in [6, 6.07) is 17.3. The molecule has 1 fully saturated rings. The second-order valence-electron chi connectivity index (χ2n) is 8.63. The van der Waals surface area contributed by atoms with Crippen LogP contribution in [-0.4, -0.2) is 29.9 Å². The molecule has 2 aliphatic rings. The molecule has 0 bridgehead atoms. The fourth-order valence-corrected chi connectivity index (χ4v) is 5.21. The van der Waals surface area contributed by atoms with Gasteiger partial charge in [0.15, 0.2) is 5.78 Å². The Morgan fingerprint density at radius 3 is 2.32 bits per heavy atom. The van der Waals surface area contributed by atoms with Crippen LogP contribution in [0.3, 0.4) is 0 Å². The molecule has 1 aliphatic heterocycles. The third-order valence-corrected chi connectivity index (χ3v) is 6.52. The van der Waals surface area contributed by atoms with Crippen LogP contribution in [-0.2, 0) is 63.3 Å². The fraction of sp³-hybridized carbons (Fsp3) is 0.480. The van der Waals surface area contributed by atoms with E-state index in [2.05, 4.69) is 48.5 Å². The van der Waals surface area contributed by atoms with Crippen molar-refractivity contribution in [2.75, 3.05) is 19.6 Å². The van der Waals surface area contributed by atoms with E-state index in [9.17, 15) is 4.79 Å². The summed E-state index contributed by atoms with van der Waals surface area (Å²) < 4.78 is 0.956. The van der Waals surface area contributed by atoms with Crippen LogP contribution in [0.5, 0.6) is 0 Å². The van der Waals surface area contributed by atoms with E-state index in [1.807, 2.05) is 0 Å². The first-order chi connectivity index (χ1) is 13.2. The van der Waals surface area contributed by atoms with Crippen molar-refractivity contribution in [2.45, 2.75) is 57.9 Å². The van der Waals surface area contributed by atoms with Gasteiger partial charge in [0.2, 0.25) is 0 Å². The second kappa shape index (κ2) is 10.3. The Morgan fingerprint density at radius 2 is 1.57 bits per heavy atom. The van der Waals surface area contributed by atoms with Crippen molar-refractivity contribution in [1.29, 1.82) is 0 Å². The number of rotatable bonds is 6. The van der Waals surface area contributed by atoms with Crippen LogP contribution in [0.4, 0.5) is 0 Å². The van der Waals surface area contributed by atoms with Crippen molar-refractivity contribution in [2.24, 2.45) is 0 Å². The maximum Gasteiger partial charge on any atom is 0.191 e. The number of quaternary nitrogens is 1. The average molecular weight is 451 g/mol. The van der Waals surface area contributed by atoms with Gasteiger partial charge in [0.1, 0.15) is 13.1 Å². The Morgan fingerprint density at radius 1 is 0.821 bits per heavy atom. The molecule has 0 amide bonds. The summed E-state index contributed by atoms with van der Waals surface area (Å²) in [6.07, 6.45) is 9.34. The molecular weight excluding hydrogens is 419 g/mol. The van der Waals surface area contributed by atoms with Crippen molar-refractivity contribution < 1.29 is 42.0 Å². The van der Waals surface area contributed by atoms with E-state index < -0.39 is 0 Å². The molecule has 4 rings (SSSR count). The van der Waals surface area contributed by atoms with E-state index in [1.165, 1.54) is 60.8 Å². The molecule has 2 aromatic carbocycles. The van der Waals surface area contributed by atoms with Crippen molar-refractivity contribution in [3.8, 4) is 0 Å². The predicted molar refractivity (Wildman–Crippen MR) is 111 cm³/mol. The number of likely N-dealkylation sites (tertiary alicyclic amines) is 1. The van der Waals surface area contributed by atoms with E-state index in [4.69, 9.17) is 0 Å². The van der Waals surface area contributed by atoms with Gasteiger partial charge < -0.3 is 4.48 Å². The van der Waals surface area contributed by atoms with E-state index in [0.29, 0.717) is 18.7 Å². The van der Waals surface area contributed by atoms with E-state index in [0.717, 1.165) is 30.5 Å². The normalized spacial score (nSPS) is 18.0. The van der Waals surface area contributed by atoms with Crippen LogP contribution >= 0.6 is 0 Å².